The Kier molecular flexibility index (Phi) is 6.88. The molecule has 2 aliphatic rings. The lowest BCUT2D eigenvalue weighted by Crippen LogP contribution is -2.12. The standard InChI is InChI=1S/C54H34F2N4/c55-33-19-23-37(24-20-33)57(35-11-3-1-4-12-35)47-29-27-39-43-31-50-44(32-49(43)59-45-17-9-7-15-41(45)51(47)53(39)59)40-28-30-48(52-42-16-8-10-18-46(42)60(50)54(40)52)58(36-13-5-2-6-14-36)38-25-21-34(56)22-26-38/h1-17,19-32,46H,18H2. The highest BCUT2D eigenvalue weighted by Gasteiger charge is 2.36. The normalized spacial score (nSPS) is 14.6. The van der Waals surface area contributed by atoms with Crippen molar-refractivity contribution in [1.29, 1.82) is 0 Å². The monoisotopic (exact) mass is 776 g/mol. The van der Waals surface area contributed by atoms with Gasteiger partial charge in [-0.15, -0.1) is 0 Å². The Morgan fingerprint density at radius 2 is 1.02 bits per heavy atom. The van der Waals surface area contributed by atoms with Gasteiger partial charge in [0.05, 0.1) is 45.0 Å². The second-order valence-corrected chi connectivity index (χ2v) is 15.9. The molecule has 1 aliphatic heterocycles. The van der Waals surface area contributed by atoms with Gasteiger partial charge in [0.25, 0.3) is 0 Å². The maximum atomic E-state index is 14.3. The van der Waals surface area contributed by atoms with Gasteiger partial charge in [-0.1, -0.05) is 85.0 Å². The average molecular weight is 777 g/mol. The van der Waals surface area contributed by atoms with Crippen molar-refractivity contribution in [3.63, 3.8) is 0 Å². The molecule has 3 aromatic heterocycles. The van der Waals surface area contributed by atoms with Gasteiger partial charge in [0.1, 0.15) is 11.6 Å². The fourth-order valence-corrected chi connectivity index (χ4v) is 10.4. The first-order valence-electron chi connectivity index (χ1n) is 20.4. The van der Waals surface area contributed by atoms with Crippen molar-refractivity contribution in [2.24, 2.45) is 0 Å². The summed E-state index contributed by atoms with van der Waals surface area (Å²) >= 11 is 0. The lowest BCUT2D eigenvalue weighted by atomic mass is 9.92. The first kappa shape index (κ1) is 33.3. The molecule has 0 amide bonds. The molecule has 0 N–H and O–H groups in total. The van der Waals surface area contributed by atoms with Gasteiger partial charge >= 0.3 is 0 Å². The van der Waals surface area contributed by atoms with E-state index in [1.54, 1.807) is 0 Å². The van der Waals surface area contributed by atoms with E-state index < -0.39 is 0 Å². The van der Waals surface area contributed by atoms with Crippen molar-refractivity contribution in [1.82, 2.24) is 8.97 Å². The molecule has 0 spiro atoms. The van der Waals surface area contributed by atoms with Crippen molar-refractivity contribution in [2.75, 3.05) is 9.80 Å². The Morgan fingerprint density at radius 3 is 1.70 bits per heavy atom. The molecule has 8 aromatic carbocycles. The van der Waals surface area contributed by atoms with E-state index in [0.29, 0.717) is 0 Å². The lowest BCUT2D eigenvalue weighted by molar-refractivity contribution is 0.627. The predicted molar refractivity (Wildman–Crippen MR) is 244 cm³/mol. The van der Waals surface area contributed by atoms with E-state index in [1.807, 2.05) is 48.5 Å². The van der Waals surface area contributed by atoms with E-state index in [9.17, 15) is 8.78 Å². The first-order chi connectivity index (χ1) is 29.6. The van der Waals surface area contributed by atoms with Gasteiger partial charge in [-0.25, -0.2) is 8.78 Å². The molecule has 284 valence electrons. The summed E-state index contributed by atoms with van der Waals surface area (Å²) in [6, 6.07) is 57.0. The van der Waals surface area contributed by atoms with Crippen molar-refractivity contribution >= 4 is 99.6 Å². The van der Waals surface area contributed by atoms with Gasteiger partial charge in [-0.2, -0.15) is 0 Å². The van der Waals surface area contributed by atoms with Crippen LogP contribution >= 0.6 is 0 Å². The third-order valence-electron chi connectivity index (χ3n) is 12.8. The Morgan fingerprint density at radius 1 is 0.467 bits per heavy atom. The van der Waals surface area contributed by atoms with E-state index in [4.69, 9.17) is 0 Å². The molecular formula is C54H34F2N4. The highest BCUT2D eigenvalue weighted by Crippen LogP contribution is 2.55. The maximum absolute atomic E-state index is 14.3. The Hall–Kier alpha value is -7.70. The number of hydrogen-bond acceptors (Lipinski definition) is 2. The van der Waals surface area contributed by atoms with Crippen molar-refractivity contribution in [3.05, 3.63) is 205 Å². The molecule has 0 radical (unpaired) electrons. The number of fused-ring (bicyclic) bond motifs is 12. The second kappa shape index (κ2) is 12.4. The zero-order valence-corrected chi connectivity index (χ0v) is 32.2. The molecule has 1 aliphatic carbocycles. The van der Waals surface area contributed by atoms with Crippen LogP contribution in [0, 0.1) is 11.6 Å². The van der Waals surface area contributed by atoms with E-state index >= 15 is 0 Å². The number of rotatable bonds is 6. The maximum Gasteiger partial charge on any atom is 0.123 e. The number of benzene rings is 8. The van der Waals surface area contributed by atoms with Crippen molar-refractivity contribution in [3.8, 4) is 0 Å². The van der Waals surface area contributed by atoms with Crippen LogP contribution in [0.5, 0.6) is 0 Å². The number of hydrogen-bond donors (Lipinski definition) is 0. The molecule has 4 nitrogen and oxygen atoms in total. The Labute approximate surface area is 343 Å². The molecule has 13 rings (SSSR count). The Balaban J connectivity index is 1.11. The molecular weight excluding hydrogens is 743 g/mol. The fraction of sp³-hybridized carbons (Fsp3) is 0.0370. The van der Waals surface area contributed by atoms with E-state index in [1.165, 1.54) is 78.9 Å². The molecule has 4 heterocycles. The summed E-state index contributed by atoms with van der Waals surface area (Å²) in [6.07, 6.45) is 7.64. The third kappa shape index (κ3) is 4.53. The fourth-order valence-electron chi connectivity index (χ4n) is 10.4. The Bertz CT molecular complexity index is 3580. The van der Waals surface area contributed by atoms with Gasteiger partial charge in [0, 0.05) is 60.6 Å². The van der Waals surface area contributed by atoms with Crippen molar-refractivity contribution in [2.45, 2.75) is 12.5 Å². The molecule has 60 heavy (non-hydrogen) atoms. The minimum Gasteiger partial charge on any atom is -0.332 e. The summed E-state index contributed by atoms with van der Waals surface area (Å²) in [5, 5.41) is 7.15. The highest BCUT2D eigenvalue weighted by atomic mass is 19.1. The molecule has 0 saturated heterocycles. The van der Waals surface area contributed by atoms with E-state index in [0.717, 1.165) is 57.0 Å². The number of halogens is 2. The third-order valence-corrected chi connectivity index (χ3v) is 12.8. The zero-order valence-electron chi connectivity index (χ0n) is 32.2. The number of aromatic nitrogens is 2. The summed E-state index contributed by atoms with van der Waals surface area (Å²) in [5.41, 5.74) is 14.3. The minimum atomic E-state index is -0.263. The minimum absolute atomic E-state index is 0.133. The van der Waals surface area contributed by atoms with Crippen LogP contribution in [0.4, 0.5) is 42.9 Å². The molecule has 0 fully saturated rings. The van der Waals surface area contributed by atoms with Crippen LogP contribution < -0.4 is 9.80 Å². The van der Waals surface area contributed by atoms with Gasteiger partial charge in [-0.3, -0.25) is 0 Å². The van der Waals surface area contributed by atoms with Crippen molar-refractivity contribution < 1.29 is 8.78 Å². The van der Waals surface area contributed by atoms with Crippen LogP contribution in [-0.2, 0) is 0 Å². The smallest absolute Gasteiger partial charge is 0.123 e. The van der Waals surface area contributed by atoms with Gasteiger partial charge < -0.3 is 18.8 Å². The second-order valence-electron chi connectivity index (χ2n) is 15.9. The number of anilines is 6. The van der Waals surface area contributed by atoms with Crippen LogP contribution in [0.3, 0.4) is 0 Å². The van der Waals surface area contributed by atoms with Crippen LogP contribution in [0.2, 0.25) is 0 Å². The number of nitrogens with zero attached hydrogens (tertiary/aromatic N) is 4. The highest BCUT2D eigenvalue weighted by molar-refractivity contribution is 6.29. The molecule has 6 heteroatoms. The summed E-state index contributed by atoms with van der Waals surface area (Å²) in [4.78, 5) is 4.51. The summed E-state index contributed by atoms with van der Waals surface area (Å²) in [7, 11) is 0. The summed E-state index contributed by atoms with van der Waals surface area (Å²) in [5.74, 6) is -0.520. The molecule has 0 saturated carbocycles. The number of allylic oxidation sites excluding steroid dienone is 4. The molecule has 11 aromatic rings. The predicted octanol–water partition coefficient (Wildman–Crippen LogP) is 15.1. The average Bonchev–Trinajstić information content (AvgIpc) is 4.02. The van der Waals surface area contributed by atoms with Gasteiger partial charge in [-0.05, 0) is 115 Å². The topological polar surface area (TPSA) is 15.8 Å². The lowest BCUT2D eigenvalue weighted by Gasteiger charge is -2.28. The molecule has 0 bridgehead atoms. The molecule has 1 unspecified atom stereocenters. The SMILES string of the molecule is Fc1ccc(N(c2ccccc2)c2ccc3c4cc5c(cc4n4c3c2C2=CC=CCC24)c2ccc(N(c3ccccc3)c3ccc(F)cc3)c3c4ccccc4n5c23)cc1. The van der Waals surface area contributed by atoms with Crippen LogP contribution in [0.15, 0.2) is 188 Å². The van der Waals surface area contributed by atoms with Crippen LogP contribution in [-0.4, -0.2) is 8.97 Å². The van der Waals surface area contributed by atoms with Gasteiger partial charge in [0.2, 0.25) is 0 Å². The summed E-state index contributed by atoms with van der Waals surface area (Å²) in [6.45, 7) is 0. The zero-order chi connectivity index (χ0) is 39.6. The van der Waals surface area contributed by atoms with Gasteiger partial charge in [0.15, 0.2) is 0 Å². The molecule has 1 atom stereocenters. The summed E-state index contributed by atoms with van der Waals surface area (Å²) < 4.78 is 33.7. The first-order valence-corrected chi connectivity index (χ1v) is 20.4. The van der Waals surface area contributed by atoms with E-state index in [2.05, 4.69) is 134 Å². The largest absolute Gasteiger partial charge is 0.332 e. The van der Waals surface area contributed by atoms with E-state index in [-0.39, 0.29) is 17.7 Å². The van der Waals surface area contributed by atoms with Crippen LogP contribution in [0.25, 0.3) is 65.5 Å². The van der Waals surface area contributed by atoms with Crippen LogP contribution in [0.1, 0.15) is 18.0 Å². The quantitative estimate of drug-likeness (QED) is 0.167. The number of para-hydroxylation sites is 3.